The molecule has 0 aliphatic carbocycles. The van der Waals surface area contributed by atoms with E-state index >= 15 is 0 Å². The van der Waals surface area contributed by atoms with Crippen molar-refractivity contribution < 1.29 is 9.66 Å². The number of rotatable bonds is 1. The number of nitro groups is 1. The first kappa shape index (κ1) is 17.2. The molecule has 5 nitrogen and oxygen atoms in total. The van der Waals surface area contributed by atoms with Crippen molar-refractivity contribution in [2.75, 3.05) is 11.9 Å². The lowest BCUT2D eigenvalue weighted by Crippen LogP contribution is -2.58. The fourth-order valence-electron chi connectivity index (χ4n) is 4.02. The van der Waals surface area contributed by atoms with Gasteiger partial charge < -0.3 is 9.64 Å². The molecule has 26 heavy (non-hydrogen) atoms. The van der Waals surface area contributed by atoms with E-state index in [0.29, 0.717) is 21.4 Å². The standard InChI is InChI=1S/C19H16Cl2N2O3/c1-18(2)16-13(20)5-6-14(21)17(16)22(3)19(18)9-8-11-10-12(23(24)25)4-7-15(11)26-19/h4-10H,1-3H3. The third-order valence-corrected chi connectivity index (χ3v) is 6.01. The number of halogens is 2. The van der Waals surface area contributed by atoms with Gasteiger partial charge in [-0.05, 0) is 44.2 Å². The minimum absolute atomic E-state index is 0.0290. The van der Waals surface area contributed by atoms with Crippen molar-refractivity contribution in [2.24, 2.45) is 0 Å². The van der Waals surface area contributed by atoms with Crippen LogP contribution in [0.2, 0.25) is 10.0 Å². The number of nitrogens with zero attached hydrogens (tertiary/aromatic N) is 2. The van der Waals surface area contributed by atoms with E-state index in [-0.39, 0.29) is 5.69 Å². The molecule has 1 spiro atoms. The lowest BCUT2D eigenvalue weighted by atomic mass is 9.76. The summed E-state index contributed by atoms with van der Waals surface area (Å²) in [5.74, 6) is 0.582. The molecule has 2 aliphatic heterocycles. The van der Waals surface area contributed by atoms with Crippen molar-refractivity contribution in [3.05, 3.63) is 67.7 Å². The van der Waals surface area contributed by atoms with Gasteiger partial charge in [0, 0.05) is 35.3 Å². The Morgan fingerprint density at radius 2 is 1.85 bits per heavy atom. The molecule has 2 aromatic carbocycles. The second-order valence-corrected chi connectivity index (χ2v) is 7.86. The van der Waals surface area contributed by atoms with Crippen molar-refractivity contribution in [3.8, 4) is 5.75 Å². The normalized spacial score (nSPS) is 22.1. The zero-order valence-electron chi connectivity index (χ0n) is 14.4. The number of fused-ring (bicyclic) bond motifs is 2. The minimum Gasteiger partial charge on any atom is -0.463 e. The molecule has 0 saturated carbocycles. The predicted molar refractivity (Wildman–Crippen MR) is 103 cm³/mol. The van der Waals surface area contributed by atoms with Crippen LogP contribution in [0.15, 0.2) is 36.4 Å². The van der Waals surface area contributed by atoms with E-state index in [4.69, 9.17) is 27.9 Å². The molecule has 7 heteroatoms. The number of nitro benzene ring substituents is 1. The molecule has 2 aliphatic rings. The Balaban J connectivity index is 1.89. The Labute approximate surface area is 160 Å². The molecule has 134 valence electrons. The van der Waals surface area contributed by atoms with E-state index in [0.717, 1.165) is 11.3 Å². The van der Waals surface area contributed by atoms with Crippen LogP contribution in [-0.4, -0.2) is 17.7 Å². The van der Waals surface area contributed by atoms with Crippen molar-refractivity contribution in [1.29, 1.82) is 0 Å². The lowest BCUT2D eigenvalue weighted by Gasteiger charge is -2.45. The van der Waals surface area contributed by atoms with E-state index in [2.05, 4.69) is 13.8 Å². The van der Waals surface area contributed by atoms with Gasteiger partial charge in [0.05, 0.1) is 21.0 Å². The van der Waals surface area contributed by atoms with Crippen LogP contribution in [0, 0.1) is 10.1 Å². The summed E-state index contributed by atoms with van der Waals surface area (Å²) in [4.78, 5) is 12.6. The quantitative estimate of drug-likeness (QED) is 0.481. The third kappa shape index (κ3) is 2.04. The van der Waals surface area contributed by atoms with Crippen LogP contribution >= 0.6 is 23.2 Å². The smallest absolute Gasteiger partial charge is 0.270 e. The second-order valence-electron chi connectivity index (χ2n) is 7.05. The summed E-state index contributed by atoms with van der Waals surface area (Å²) >= 11 is 13.0. The summed E-state index contributed by atoms with van der Waals surface area (Å²) in [5.41, 5.74) is 1.11. The molecule has 0 saturated heterocycles. The SMILES string of the molecule is CN1c2c(Cl)ccc(Cl)c2C(C)(C)C12C=Cc1cc([N+](=O)[O-])ccc1O2. The van der Waals surface area contributed by atoms with E-state index in [1.807, 2.05) is 24.1 Å². The van der Waals surface area contributed by atoms with Crippen LogP contribution in [0.4, 0.5) is 11.4 Å². The van der Waals surface area contributed by atoms with Gasteiger partial charge in [0.25, 0.3) is 5.69 Å². The van der Waals surface area contributed by atoms with Crippen LogP contribution in [0.5, 0.6) is 5.75 Å². The van der Waals surface area contributed by atoms with Crippen LogP contribution in [0.1, 0.15) is 25.0 Å². The van der Waals surface area contributed by atoms with E-state index in [1.165, 1.54) is 12.1 Å². The van der Waals surface area contributed by atoms with E-state index in [9.17, 15) is 10.1 Å². The molecule has 0 amide bonds. The topological polar surface area (TPSA) is 55.6 Å². The molecular weight excluding hydrogens is 375 g/mol. The molecule has 0 N–H and O–H groups in total. The third-order valence-electron chi connectivity index (χ3n) is 5.39. The fourth-order valence-corrected chi connectivity index (χ4v) is 4.69. The largest absolute Gasteiger partial charge is 0.463 e. The van der Waals surface area contributed by atoms with Crippen LogP contribution in [0.3, 0.4) is 0 Å². The van der Waals surface area contributed by atoms with Gasteiger partial charge in [-0.3, -0.25) is 10.1 Å². The van der Waals surface area contributed by atoms with Crippen molar-refractivity contribution in [3.63, 3.8) is 0 Å². The van der Waals surface area contributed by atoms with Crippen LogP contribution in [0.25, 0.3) is 6.08 Å². The Bertz CT molecular complexity index is 987. The van der Waals surface area contributed by atoms with Gasteiger partial charge in [-0.15, -0.1) is 0 Å². The molecule has 1 atom stereocenters. The molecule has 4 rings (SSSR count). The number of anilines is 1. The van der Waals surface area contributed by atoms with Gasteiger partial charge in [0.2, 0.25) is 5.72 Å². The monoisotopic (exact) mass is 390 g/mol. The summed E-state index contributed by atoms with van der Waals surface area (Å²) in [6, 6.07) is 8.16. The maximum atomic E-state index is 11.0. The highest BCUT2D eigenvalue weighted by atomic mass is 35.5. The minimum atomic E-state index is -0.840. The summed E-state index contributed by atoms with van der Waals surface area (Å²) in [6.07, 6.45) is 3.78. The van der Waals surface area contributed by atoms with Gasteiger partial charge >= 0.3 is 0 Å². The molecule has 0 aromatic heterocycles. The Kier molecular flexibility index (Phi) is 3.56. The molecule has 0 radical (unpaired) electrons. The van der Waals surface area contributed by atoms with Crippen LogP contribution < -0.4 is 9.64 Å². The molecular formula is C19H16Cl2N2O3. The van der Waals surface area contributed by atoms with Crippen molar-refractivity contribution in [2.45, 2.75) is 25.0 Å². The first-order valence-corrected chi connectivity index (χ1v) is 8.83. The van der Waals surface area contributed by atoms with Crippen molar-refractivity contribution in [1.82, 2.24) is 0 Å². The zero-order chi connectivity index (χ0) is 18.9. The number of non-ortho nitro benzene ring substituents is 1. The van der Waals surface area contributed by atoms with Gasteiger partial charge in [-0.2, -0.15) is 0 Å². The highest BCUT2D eigenvalue weighted by Crippen LogP contribution is 2.58. The summed E-state index contributed by atoms with van der Waals surface area (Å²) in [6.45, 7) is 4.11. The highest BCUT2D eigenvalue weighted by molar-refractivity contribution is 6.36. The number of likely N-dealkylation sites (N-methyl/N-ethyl adjacent to an activating group) is 1. The molecule has 0 fully saturated rings. The maximum absolute atomic E-state index is 11.0. The number of hydrogen-bond acceptors (Lipinski definition) is 4. The predicted octanol–water partition coefficient (Wildman–Crippen LogP) is 5.43. The van der Waals surface area contributed by atoms with Gasteiger partial charge in [0.1, 0.15) is 5.75 Å². The molecule has 1 unspecified atom stereocenters. The fraction of sp³-hybridized carbons (Fsp3) is 0.263. The molecule has 2 heterocycles. The average Bonchev–Trinajstić information content (AvgIpc) is 2.77. The summed E-state index contributed by atoms with van der Waals surface area (Å²) in [5, 5.41) is 12.2. The lowest BCUT2D eigenvalue weighted by molar-refractivity contribution is -0.384. The van der Waals surface area contributed by atoms with E-state index in [1.54, 1.807) is 18.2 Å². The zero-order valence-corrected chi connectivity index (χ0v) is 15.9. The Morgan fingerprint density at radius 3 is 2.50 bits per heavy atom. The Hall–Kier alpha value is -2.24. The first-order valence-electron chi connectivity index (χ1n) is 8.08. The van der Waals surface area contributed by atoms with Crippen LogP contribution in [-0.2, 0) is 5.41 Å². The number of benzene rings is 2. The average molecular weight is 391 g/mol. The Morgan fingerprint density at radius 1 is 1.15 bits per heavy atom. The first-order chi connectivity index (χ1) is 12.2. The second kappa shape index (κ2) is 5.38. The highest BCUT2D eigenvalue weighted by Gasteiger charge is 2.59. The summed E-state index contributed by atoms with van der Waals surface area (Å²) < 4.78 is 6.43. The molecule has 0 bridgehead atoms. The van der Waals surface area contributed by atoms with Crippen molar-refractivity contribution >= 4 is 40.7 Å². The maximum Gasteiger partial charge on any atom is 0.270 e. The van der Waals surface area contributed by atoms with E-state index < -0.39 is 16.1 Å². The van der Waals surface area contributed by atoms with Gasteiger partial charge in [-0.1, -0.05) is 23.2 Å². The van der Waals surface area contributed by atoms with Gasteiger partial charge in [-0.25, -0.2) is 0 Å². The summed E-state index contributed by atoms with van der Waals surface area (Å²) in [7, 11) is 1.91. The number of hydrogen-bond donors (Lipinski definition) is 0. The molecule has 2 aromatic rings. The van der Waals surface area contributed by atoms with Gasteiger partial charge in [0.15, 0.2) is 0 Å². The number of ether oxygens (including phenoxy) is 1.